The number of nitrogens with zero attached hydrogens (tertiary/aromatic N) is 1. The molecule has 0 unspecified atom stereocenters. The second-order valence-electron chi connectivity index (χ2n) is 5.92. The SMILES string of the molecule is COc1ccc(CN(CC(F)(F)F)C(=O)c2ccc(S(C)(=O)=O)cc2)cc1. The first-order valence-electron chi connectivity index (χ1n) is 7.79. The van der Waals surface area contributed by atoms with Gasteiger partial charge in [0.1, 0.15) is 12.3 Å². The summed E-state index contributed by atoms with van der Waals surface area (Å²) in [6.07, 6.45) is -3.57. The predicted molar refractivity (Wildman–Crippen MR) is 93.3 cm³/mol. The number of ether oxygens (including phenoxy) is 1. The van der Waals surface area contributed by atoms with Gasteiger partial charge in [0.15, 0.2) is 9.84 Å². The minimum atomic E-state index is -4.57. The van der Waals surface area contributed by atoms with Crippen molar-refractivity contribution < 1.29 is 31.1 Å². The number of sulfone groups is 1. The van der Waals surface area contributed by atoms with Gasteiger partial charge in [-0.3, -0.25) is 4.79 Å². The summed E-state index contributed by atoms with van der Waals surface area (Å²) in [6.45, 7) is -1.68. The minimum absolute atomic E-state index is 0.0171. The largest absolute Gasteiger partial charge is 0.497 e. The van der Waals surface area contributed by atoms with Crippen molar-refractivity contribution in [3.8, 4) is 5.75 Å². The van der Waals surface area contributed by atoms with Crippen molar-refractivity contribution in [1.82, 2.24) is 4.90 Å². The zero-order valence-corrected chi connectivity index (χ0v) is 15.5. The van der Waals surface area contributed by atoms with E-state index in [4.69, 9.17) is 4.74 Å². The molecule has 0 spiro atoms. The highest BCUT2D eigenvalue weighted by atomic mass is 32.2. The molecular formula is C18H18F3NO4S. The minimum Gasteiger partial charge on any atom is -0.497 e. The van der Waals surface area contributed by atoms with Crippen molar-refractivity contribution >= 4 is 15.7 Å². The van der Waals surface area contributed by atoms with Crippen LogP contribution in [-0.4, -0.2) is 45.3 Å². The summed E-state index contributed by atoms with van der Waals surface area (Å²) in [4.78, 5) is 13.2. The molecule has 0 N–H and O–H groups in total. The lowest BCUT2D eigenvalue weighted by molar-refractivity contribution is -0.141. The number of methoxy groups -OCH3 is 1. The van der Waals surface area contributed by atoms with Gasteiger partial charge >= 0.3 is 6.18 Å². The van der Waals surface area contributed by atoms with E-state index in [-0.39, 0.29) is 17.0 Å². The van der Waals surface area contributed by atoms with Crippen LogP contribution in [0.3, 0.4) is 0 Å². The Kier molecular flexibility index (Phi) is 6.15. The molecule has 0 aliphatic heterocycles. The first kappa shape index (κ1) is 20.8. The lowest BCUT2D eigenvalue weighted by Crippen LogP contribution is -2.38. The van der Waals surface area contributed by atoms with Crippen molar-refractivity contribution in [2.45, 2.75) is 17.6 Å². The highest BCUT2D eigenvalue weighted by Crippen LogP contribution is 2.22. The number of carbonyl (C=O) groups excluding carboxylic acids is 1. The maximum absolute atomic E-state index is 12.9. The van der Waals surface area contributed by atoms with Crippen LogP contribution in [0.25, 0.3) is 0 Å². The van der Waals surface area contributed by atoms with Gasteiger partial charge in [0.05, 0.1) is 12.0 Å². The fraction of sp³-hybridized carbons (Fsp3) is 0.278. The third kappa shape index (κ3) is 5.99. The summed E-state index contributed by atoms with van der Waals surface area (Å²) in [5.74, 6) is -0.299. The molecule has 2 aromatic rings. The summed E-state index contributed by atoms with van der Waals surface area (Å²) < 4.78 is 66.7. The van der Waals surface area contributed by atoms with Crippen LogP contribution in [0, 0.1) is 0 Å². The van der Waals surface area contributed by atoms with Gasteiger partial charge in [-0.2, -0.15) is 13.2 Å². The Hall–Kier alpha value is -2.55. The second kappa shape index (κ2) is 7.99. The van der Waals surface area contributed by atoms with E-state index >= 15 is 0 Å². The molecule has 9 heteroatoms. The van der Waals surface area contributed by atoms with E-state index in [9.17, 15) is 26.4 Å². The quantitative estimate of drug-likeness (QED) is 0.745. The van der Waals surface area contributed by atoms with Crippen molar-refractivity contribution in [3.63, 3.8) is 0 Å². The second-order valence-corrected chi connectivity index (χ2v) is 7.94. The van der Waals surface area contributed by atoms with Crippen molar-refractivity contribution in [2.24, 2.45) is 0 Å². The highest BCUT2D eigenvalue weighted by molar-refractivity contribution is 7.90. The monoisotopic (exact) mass is 401 g/mol. The van der Waals surface area contributed by atoms with Crippen LogP contribution in [0.5, 0.6) is 5.75 Å². The molecule has 0 aliphatic rings. The van der Waals surface area contributed by atoms with Gasteiger partial charge in [-0.25, -0.2) is 8.42 Å². The van der Waals surface area contributed by atoms with Gasteiger partial charge in [-0.05, 0) is 42.0 Å². The molecule has 0 aliphatic carbocycles. The molecule has 0 heterocycles. The standard InChI is InChI=1S/C18H18F3NO4S/c1-26-15-7-3-13(4-8-15)11-22(12-18(19,20)21)17(23)14-5-9-16(10-6-14)27(2,24)25/h3-10H,11-12H2,1-2H3. The molecule has 1 amide bonds. The third-order valence-electron chi connectivity index (χ3n) is 3.72. The van der Waals surface area contributed by atoms with Crippen molar-refractivity contribution in [1.29, 1.82) is 0 Å². The van der Waals surface area contributed by atoms with E-state index in [1.54, 1.807) is 24.3 Å². The van der Waals surface area contributed by atoms with E-state index in [1.165, 1.54) is 31.4 Å². The summed E-state index contributed by atoms with van der Waals surface area (Å²) in [5.41, 5.74) is 0.473. The lowest BCUT2D eigenvalue weighted by Gasteiger charge is -2.24. The van der Waals surface area contributed by atoms with Crippen LogP contribution in [0.1, 0.15) is 15.9 Å². The number of carbonyl (C=O) groups is 1. The van der Waals surface area contributed by atoms with E-state index in [1.807, 2.05) is 0 Å². The molecular weight excluding hydrogens is 383 g/mol. The summed E-state index contributed by atoms with van der Waals surface area (Å²) in [5, 5.41) is 0. The number of amides is 1. The van der Waals surface area contributed by atoms with Gasteiger partial charge in [-0.1, -0.05) is 12.1 Å². The van der Waals surface area contributed by atoms with Gasteiger partial charge in [0.25, 0.3) is 5.91 Å². The van der Waals surface area contributed by atoms with Gasteiger partial charge in [0.2, 0.25) is 0 Å². The Bertz CT molecular complexity index is 892. The molecule has 0 atom stereocenters. The molecule has 2 aromatic carbocycles. The maximum atomic E-state index is 12.9. The van der Waals surface area contributed by atoms with Crippen LogP contribution in [0.4, 0.5) is 13.2 Å². The van der Waals surface area contributed by atoms with E-state index in [2.05, 4.69) is 0 Å². The van der Waals surface area contributed by atoms with Crippen LogP contribution in [0.2, 0.25) is 0 Å². The molecule has 0 saturated heterocycles. The molecule has 5 nitrogen and oxygen atoms in total. The van der Waals surface area contributed by atoms with Crippen molar-refractivity contribution in [2.75, 3.05) is 19.9 Å². The Labute approximate surface area is 155 Å². The third-order valence-corrected chi connectivity index (χ3v) is 4.85. The predicted octanol–water partition coefficient (Wildman–Crippen LogP) is 3.30. The Morgan fingerprint density at radius 2 is 1.59 bits per heavy atom. The molecule has 27 heavy (non-hydrogen) atoms. The molecule has 0 fully saturated rings. The summed E-state index contributed by atoms with van der Waals surface area (Å²) >= 11 is 0. The van der Waals surface area contributed by atoms with Crippen LogP contribution in [-0.2, 0) is 16.4 Å². The normalized spacial score (nSPS) is 11.9. The van der Waals surface area contributed by atoms with Gasteiger partial charge in [0, 0.05) is 18.4 Å². The molecule has 0 saturated carbocycles. The number of benzene rings is 2. The summed E-state index contributed by atoms with van der Waals surface area (Å²) in [7, 11) is -2.00. The van der Waals surface area contributed by atoms with Crippen LogP contribution < -0.4 is 4.74 Å². The van der Waals surface area contributed by atoms with E-state index < -0.39 is 28.5 Å². The zero-order valence-electron chi connectivity index (χ0n) is 14.7. The number of alkyl halides is 3. The molecule has 2 rings (SSSR count). The first-order chi connectivity index (χ1) is 12.5. The molecule has 0 bridgehead atoms. The Morgan fingerprint density at radius 3 is 2.04 bits per heavy atom. The number of halogens is 3. The molecule has 146 valence electrons. The number of hydrogen-bond acceptors (Lipinski definition) is 4. The number of hydrogen-bond donors (Lipinski definition) is 0. The first-order valence-corrected chi connectivity index (χ1v) is 9.68. The smallest absolute Gasteiger partial charge is 0.406 e. The average molecular weight is 401 g/mol. The Balaban J connectivity index is 2.27. The Morgan fingerprint density at radius 1 is 1.04 bits per heavy atom. The number of rotatable bonds is 6. The van der Waals surface area contributed by atoms with Crippen LogP contribution >= 0.6 is 0 Å². The average Bonchev–Trinajstić information content (AvgIpc) is 2.59. The van der Waals surface area contributed by atoms with E-state index in [0.717, 1.165) is 6.26 Å². The van der Waals surface area contributed by atoms with Crippen molar-refractivity contribution in [3.05, 3.63) is 59.7 Å². The highest BCUT2D eigenvalue weighted by Gasteiger charge is 2.33. The molecule has 0 aromatic heterocycles. The van der Waals surface area contributed by atoms with Gasteiger partial charge in [-0.15, -0.1) is 0 Å². The fourth-order valence-corrected chi connectivity index (χ4v) is 3.03. The van der Waals surface area contributed by atoms with E-state index in [0.29, 0.717) is 16.2 Å². The van der Waals surface area contributed by atoms with Crippen LogP contribution in [0.15, 0.2) is 53.4 Å². The molecule has 0 radical (unpaired) electrons. The zero-order chi connectivity index (χ0) is 20.2. The maximum Gasteiger partial charge on any atom is 0.406 e. The lowest BCUT2D eigenvalue weighted by atomic mass is 10.1. The summed E-state index contributed by atoms with van der Waals surface area (Å²) in [6, 6.07) is 11.1. The topological polar surface area (TPSA) is 63.7 Å². The van der Waals surface area contributed by atoms with Gasteiger partial charge < -0.3 is 9.64 Å². The fourth-order valence-electron chi connectivity index (χ4n) is 2.39.